The highest BCUT2D eigenvalue weighted by Gasteiger charge is 2.05. The van der Waals surface area contributed by atoms with Crippen molar-refractivity contribution >= 4 is 11.0 Å². The molecule has 0 unspecified atom stereocenters. The number of nitrogens with zero attached hydrogens (tertiary/aromatic N) is 2. The van der Waals surface area contributed by atoms with E-state index in [0.29, 0.717) is 6.54 Å². The van der Waals surface area contributed by atoms with Gasteiger partial charge in [-0.05, 0) is 29.3 Å². The number of nitrogens with one attached hydrogen (secondary N) is 1. The minimum absolute atomic E-state index is 0.483. The highest BCUT2D eigenvalue weighted by Crippen LogP contribution is 2.18. The summed E-state index contributed by atoms with van der Waals surface area (Å²) in [5, 5.41) is 1.17. The Morgan fingerprint density at radius 2 is 2.11 bits per heavy atom. The fourth-order valence-corrected chi connectivity index (χ4v) is 2.06. The molecule has 0 aliphatic rings. The van der Waals surface area contributed by atoms with E-state index in [1.54, 1.807) is 6.20 Å². The van der Waals surface area contributed by atoms with Crippen LogP contribution in [0.25, 0.3) is 11.0 Å². The fourth-order valence-electron chi connectivity index (χ4n) is 2.06. The number of hydrogen-bond donors (Lipinski definition) is 2. The van der Waals surface area contributed by atoms with Crippen LogP contribution in [0.3, 0.4) is 0 Å². The molecule has 0 aliphatic carbocycles. The van der Waals surface area contributed by atoms with Gasteiger partial charge in [0.1, 0.15) is 5.65 Å². The van der Waals surface area contributed by atoms with E-state index in [9.17, 15) is 0 Å². The Hall–Kier alpha value is -2.20. The molecule has 90 valence electrons. The van der Waals surface area contributed by atoms with Gasteiger partial charge in [0.05, 0.1) is 5.69 Å². The van der Waals surface area contributed by atoms with Gasteiger partial charge < -0.3 is 10.7 Å². The fraction of sp³-hybridized carbons (Fsp3) is 0.143. The smallest absolute Gasteiger partial charge is 0.137 e. The average Bonchev–Trinajstić information content (AvgIpc) is 2.83. The van der Waals surface area contributed by atoms with Crippen molar-refractivity contribution < 1.29 is 0 Å². The lowest BCUT2D eigenvalue weighted by molar-refractivity contribution is 0.977. The third-order valence-electron chi connectivity index (χ3n) is 3.03. The van der Waals surface area contributed by atoms with Crippen molar-refractivity contribution in [2.24, 2.45) is 5.73 Å². The van der Waals surface area contributed by atoms with Gasteiger partial charge in [0.15, 0.2) is 0 Å². The lowest BCUT2D eigenvalue weighted by atomic mass is 10.1. The van der Waals surface area contributed by atoms with Gasteiger partial charge in [-0.15, -0.1) is 0 Å². The summed E-state index contributed by atoms with van der Waals surface area (Å²) in [6.45, 7) is 0.483. The van der Waals surface area contributed by atoms with E-state index in [2.05, 4.69) is 27.1 Å². The largest absolute Gasteiger partial charge is 0.346 e. The van der Waals surface area contributed by atoms with E-state index in [1.807, 2.05) is 24.5 Å². The van der Waals surface area contributed by atoms with E-state index in [-0.39, 0.29) is 0 Å². The van der Waals surface area contributed by atoms with E-state index >= 15 is 0 Å². The van der Waals surface area contributed by atoms with E-state index in [1.165, 1.54) is 16.5 Å². The van der Waals surface area contributed by atoms with Gasteiger partial charge >= 0.3 is 0 Å². The number of aromatic nitrogens is 3. The van der Waals surface area contributed by atoms with E-state index in [0.717, 1.165) is 17.8 Å². The molecule has 0 spiro atoms. The molecule has 3 heterocycles. The van der Waals surface area contributed by atoms with Crippen LogP contribution in [0.15, 0.2) is 42.9 Å². The Morgan fingerprint density at radius 3 is 2.89 bits per heavy atom. The summed E-state index contributed by atoms with van der Waals surface area (Å²) in [7, 11) is 0. The molecule has 18 heavy (non-hydrogen) atoms. The predicted molar refractivity (Wildman–Crippen MR) is 71.0 cm³/mol. The first-order chi connectivity index (χ1) is 8.86. The predicted octanol–water partition coefficient (Wildman–Crippen LogP) is 2.01. The maximum absolute atomic E-state index is 5.53. The second kappa shape index (κ2) is 4.58. The van der Waals surface area contributed by atoms with Gasteiger partial charge in [-0.1, -0.05) is 6.07 Å². The Morgan fingerprint density at radius 1 is 1.17 bits per heavy atom. The lowest BCUT2D eigenvalue weighted by Gasteiger charge is -2.01. The molecule has 0 radical (unpaired) electrons. The van der Waals surface area contributed by atoms with Crippen molar-refractivity contribution in [3.8, 4) is 0 Å². The van der Waals surface area contributed by atoms with Crippen molar-refractivity contribution in [3.63, 3.8) is 0 Å². The zero-order chi connectivity index (χ0) is 12.4. The highest BCUT2D eigenvalue weighted by molar-refractivity contribution is 5.79. The first kappa shape index (κ1) is 10.9. The lowest BCUT2D eigenvalue weighted by Crippen LogP contribution is -1.99. The molecular formula is C14H14N4. The number of hydrogen-bond acceptors (Lipinski definition) is 3. The zero-order valence-electron chi connectivity index (χ0n) is 9.93. The number of rotatable bonds is 3. The van der Waals surface area contributed by atoms with Gasteiger partial charge in [0.2, 0.25) is 0 Å². The van der Waals surface area contributed by atoms with E-state index < -0.39 is 0 Å². The van der Waals surface area contributed by atoms with Crippen molar-refractivity contribution in [2.75, 3.05) is 0 Å². The summed E-state index contributed by atoms with van der Waals surface area (Å²) in [4.78, 5) is 11.8. The van der Waals surface area contributed by atoms with Crippen molar-refractivity contribution in [1.29, 1.82) is 0 Å². The first-order valence-corrected chi connectivity index (χ1v) is 5.91. The summed E-state index contributed by atoms with van der Waals surface area (Å²) in [5.74, 6) is 0. The Kier molecular flexibility index (Phi) is 2.78. The third kappa shape index (κ3) is 1.98. The SMILES string of the molecule is NCc1ccc(Cc2c[nH]c3ncccc23)cn1. The third-order valence-corrected chi connectivity index (χ3v) is 3.03. The molecule has 0 amide bonds. The van der Waals surface area contributed by atoms with Crippen LogP contribution in [0.5, 0.6) is 0 Å². The molecule has 4 heteroatoms. The van der Waals surface area contributed by atoms with Crippen LogP contribution in [0, 0.1) is 0 Å². The monoisotopic (exact) mass is 238 g/mol. The van der Waals surface area contributed by atoms with Crippen LogP contribution in [-0.2, 0) is 13.0 Å². The van der Waals surface area contributed by atoms with Gasteiger partial charge in [-0.25, -0.2) is 4.98 Å². The molecule has 0 fully saturated rings. The summed E-state index contributed by atoms with van der Waals surface area (Å²) >= 11 is 0. The normalized spacial score (nSPS) is 10.9. The van der Waals surface area contributed by atoms with Crippen molar-refractivity contribution in [2.45, 2.75) is 13.0 Å². The van der Waals surface area contributed by atoms with Crippen LogP contribution < -0.4 is 5.73 Å². The molecule has 4 nitrogen and oxygen atoms in total. The molecule has 0 saturated heterocycles. The van der Waals surface area contributed by atoms with Crippen molar-refractivity contribution in [3.05, 3.63) is 59.7 Å². The van der Waals surface area contributed by atoms with Gasteiger partial charge in [0.25, 0.3) is 0 Å². The Labute approximate surface area is 105 Å². The summed E-state index contributed by atoms with van der Waals surface area (Å²) in [5.41, 5.74) is 9.79. The van der Waals surface area contributed by atoms with Crippen LogP contribution in [0.2, 0.25) is 0 Å². The maximum atomic E-state index is 5.53. The van der Waals surface area contributed by atoms with Gasteiger partial charge in [-0.2, -0.15) is 0 Å². The minimum Gasteiger partial charge on any atom is -0.346 e. The Balaban J connectivity index is 1.91. The zero-order valence-corrected chi connectivity index (χ0v) is 9.93. The first-order valence-electron chi connectivity index (χ1n) is 5.91. The number of aromatic amines is 1. The summed E-state index contributed by atoms with van der Waals surface area (Å²) in [6, 6.07) is 8.08. The van der Waals surface area contributed by atoms with E-state index in [4.69, 9.17) is 5.73 Å². The molecule has 3 aromatic rings. The standard InChI is InChI=1S/C14H14N4/c15-7-12-4-3-10(8-17-12)6-11-9-18-14-13(11)2-1-5-16-14/h1-5,8-9H,6-7,15H2,(H,16,18). The molecule has 0 saturated carbocycles. The molecule has 0 atom stereocenters. The van der Waals surface area contributed by atoms with Crippen molar-refractivity contribution in [1.82, 2.24) is 15.0 Å². The van der Waals surface area contributed by atoms with Crippen LogP contribution in [0.1, 0.15) is 16.8 Å². The van der Waals surface area contributed by atoms with Gasteiger partial charge in [0, 0.05) is 36.9 Å². The topological polar surface area (TPSA) is 67.6 Å². The molecule has 0 aromatic carbocycles. The highest BCUT2D eigenvalue weighted by atomic mass is 14.8. The van der Waals surface area contributed by atoms with Crippen LogP contribution in [-0.4, -0.2) is 15.0 Å². The Bertz CT molecular complexity index is 655. The van der Waals surface area contributed by atoms with Gasteiger partial charge in [-0.3, -0.25) is 4.98 Å². The summed E-state index contributed by atoms with van der Waals surface area (Å²) < 4.78 is 0. The minimum atomic E-state index is 0.483. The number of fused-ring (bicyclic) bond motifs is 1. The molecule has 0 bridgehead atoms. The molecule has 3 aromatic heterocycles. The average molecular weight is 238 g/mol. The summed E-state index contributed by atoms with van der Waals surface area (Å²) in [6.07, 6.45) is 6.54. The molecule has 3 N–H and O–H groups in total. The quantitative estimate of drug-likeness (QED) is 0.733. The molecule has 3 rings (SSSR count). The molecule has 0 aliphatic heterocycles. The second-order valence-corrected chi connectivity index (χ2v) is 4.25. The van der Waals surface area contributed by atoms with Crippen LogP contribution in [0.4, 0.5) is 0 Å². The molecular weight excluding hydrogens is 224 g/mol. The number of H-pyrrole nitrogens is 1. The second-order valence-electron chi connectivity index (χ2n) is 4.25. The van der Waals surface area contributed by atoms with Crippen LogP contribution >= 0.6 is 0 Å². The number of pyridine rings is 2. The number of nitrogens with two attached hydrogens (primary N) is 1. The maximum Gasteiger partial charge on any atom is 0.137 e.